The lowest BCUT2D eigenvalue weighted by molar-refractivity contribution is 0.365. The van der Waals surface area contributed by atoms with Crippen molar-refractivity contribution in [3.63, 3.8) is 0 Å². The van der Waals surface area contributed by atoms with E-state index in [-0.39, 0.29) is 0 Å². The molecular formula is C10H20N2. The highest BCUT2D eigenvalue weighted by Gasteiger charge is 2.11. The van der Waals surface area contributed by atoms with Gasteiger partial charge in [0.25, 0.3) is 0 Å². The summed E-state index contributed by atoms with van der Waals surface area (Å²) in [6.07, 6.45) is 3.67. The largest absolute Gasteiger partial charge is 0.389 e. The molecule has 70 valence electrons. The standard InChI is InChI=1S/C10H20N2/c1-3-9(2)12-8-10-4-6-11-7-5-10/h10-12H,2-8H2,1H3. The van der Waals surface area contributed by atoms with Gasteiger partial charge in [-0.1, -0.05) is 13.5 Å². The summed E-state index contributed by atoms with van der Waals surface area (Å²) in [5, 5.41) is 6.75. The molecule has 0 unspecified atom stereocenters. The van der Waals surface area contributed by atoms with Crippen molar-refractivity contribution >= 4 is 0 Å². The van der Waals surface area contributed by atoms with E-state index in [0.717, 1.165) is 18.9 Å². The Hall–Kier alpha value is -0.500. The molecule has 0 aliphatic carbocycles. The van der Waals surface area contributed by atoms with Crippen LogP contribution in [-0.2, 0) is 0 Å². The second kappa shape index (κ2) is 5.20. The summed E-state index contributed by atoms with van der Waals surface area (Å²) < 4.78 is 0. The number of hydrogen-bond acceptors (Lipinski definition) is 2. The molecule has 0 atom stereocenters. The van der Waals surface area contributed by atoms with Crippen LogP contribution in [0.3, 0.4) is 0 Å². The van der Waals surface area contributed by atoms with Gasteiger partial charge in [-0.2, -0.15) is 0 Å². The SMILES string of the molecule is C=C(CC)NCC1CCNCC1. The van der Waals surface area contributed by atoms with Gasteiger partial charge in [0.05, 0.1) is 0 Å². The lowest BCUT2D eigenvalue weighted by Crippen LogP contribution is -2.33. The predicted molar refractivity (Wildman–Crippen MR) is 53.0 cm³/mol. The van der Waals surface area contributed by atoms with E-state index < -0.39 is 0 Å². The summed E-state index contributed by atoms with van der Waals surface area (Å²) in [6, 6.07) is 0. The summed E-state index contributed by atoms with van der Waals surface area (Å²) >= 11 is 0. The molecule has 0 radical (unpaired) electrons. The minimum absolute atomic E-state index is 0.856. The van der Waals surface area contributed by atoms with Crippen molar-refractivity contribution in [1.82, 2.24) is 10.6 Å². The highest BCUT2D eigenvalue weighted by molar-refractivity contribution is 4.90. The Morgan fingerprint density at radius 2 is 2.17 bits per heavy atom. The summed E-state index contributed by atoms with van der Waals surface area (Å²) in [6.45, 7) is 9.56. The first-order valence-electron chi connectivity index (χ1n) is 4.95. The molecule has 12 heavy (non-hydrogen) atoms. The topological polar surface area (TPSA) is 24.1 Å². The maximum atomic E-state index is 3.93. The van der Waals surface area contributed by atoms with E-state index in [1.807, 2.05) is 0 Å². The molecule has 1 saturated heterocycles. The van der Waals surface area contributed by atoms with E-state index in [9.17, 15) is 0 Å². The van der Waals surface area contributed by atoms with Crippen LogP contribution in [0.2, 0.25) is 0 Å². The summed E-state index contributed by atoms with van der Waals surface area (Å²) in [5.41, 5.74) is 1.17. The van der Waals surface area contributed by atoms with Gasteiger partial charge >= 0.3 is 0 Å². The fourth-order valence-electron chi connectivity index (χ4n) is 1.50. The number of piperidine rings is 1. The quantitative estimate of drug-likeness (QED) is 0.664. The van der Waals surface area contributed by atoms with Gasteiger partial charge in [0.15, 0.2) is 0 Å². The zero-order valence-corrected chi connectivity index (χ0v) is 8.03. The minimum atomic E-state index is 0.856. The van der Waals surface area contributed by atoms with Crippen LogP contribution in [0.1, 0.15) is 26.2 Å². The Balaban J connectivity index is 2.09. The monoisotopic (exact) mass is 168 g/mol. The average Bonchev–Trinajstić information content (AvgIpc) is 2.16. The van der Waals surface area contributed by atoms with Gasteiger partial charge in [-0.15, -0.1) is 0 Å². The summed E-state index contributed by atoms with van der Waals surface area (Å²) in [7, 11) is 0. The van der Waals surface area contributed by atoms with Crippen molar-refractivity contribution < 1.29 is 0 Å². The molecule has 0 bridgehead atoms. The second-order valence-corrected chi connectivity index (χ2v) is 3.53. The molecule has 1 rings (SSSR count). The van der Waals surface area contributed by atoms with E-state index in [2.05, 4.69) is 24.1 Å². The molecule has 1 aliphatic heterocycles. The van der Waals surface area contributed by atoms with Crippen LogP contribution < -0.4 is 10.6 Å². The molecule has 2 N–H and O–H groups in total. The van der Waals surface area contributed by atoms with Gasteiger partial charge in [0, 0.05) is 12.2 Å². The first-order valence-corrected chi connectivity index (χ1v) is 4.95. The zero-order valence-electron chi connectivity index (χ0n) is 8.03. The van der Waals surface area contributed by atoms with E-state index in [1.54, 1.807) is 0 Å². The molecule has 0 aromatic heterocycles. The number of allylic oxidation sites excluding steroid dienone is 1. The van der Waals surface area contributed by atoms with Crippen molar-refractivity contribution in [1.29, 1.82) is 0 Å². The van der Waals surface area contributed by atoms with E-state index in [4.69, 9.17) is 0 Å². The Kier molecular flexibility index (Phi) is 4.15. The minimum Gasteiger partial charge on any atom is -0.389 e. The van der Waals surface area contributed by atoms with Crippen LogP contribution in [0.25, 0.3) is 0 Å². The highest BCUT2D eigenvalue weighted by Crippen LogP contribution is 2.10. The second-order valence-electron chi connectivity index (χ2n) is 3.53. The van der Waals surface area contributed by atoms with Crippen molar-refractivity contribution in [3.8, 4) is 0 Å². The van der Waals surface area contributed by atoms with Crippen LogP contribution in [0.15, 0.2) is 12.3 Å². The Morgan fingerprint density at radius 1 is 1.50 bits per heavy atom. The summed E-state index contributed by atoms with van der Waals surface area (Å²) in [5.74, 6) is 0.856. The Bertz CT molecular complexity index is 137. The first kappa shape index (κ1) is 9.59. The fraction of sp³-hybridized carbons (Fsp3) is 0.800. The van der Waals surface area contributed by atoms with Crippen molar-refractivity contribution in [2.75, 3.05) is 19.6 Å². The lowest BCUT2D eigenvalue weighted by atomic mass is 9.98. The van der Waals surface area contributed by atoms with E-state index >= 15 is 0 Å². The molecule has 0 saturated carbocycles. The maximum absolute atomic E-state index is 3.93. The molecular weight excluding hydrogens is 148 g/mol. The molecule has 1 fully saturated rings. The molecule has 1 heterocycles. The molecule has 1 aliphatic rings. The van der Waals surface area contributed by atoms with Gasteiger partial charge < -0.3 is 10.6 Å². The first-order chi connectivity index (χ1) is 5.83. The fourth-order valence-corrected chi connectivity index (χ4v) is 1.50. The third-order valence-electron chi connectivity index (χ3n) is 2.53. The van der Waals surface area contributed by atoms with Gasteiger partial charge in [-0.25, -0.2) is 0 Å². The molecule has 2 heteroatoms. The summed E-state index contributed by atoms with van der Waals surface area (Å²) in [4.78, 5) is 0. The van der Waals surface area contributed by atoms with Gasteiger partial charge in [-0.05, 0) is 38.3 Å². The van der Waals surface area contributed by atoms with Crippen LogP contribution in [0.5, 0.6) is 0 Å². The van der Waals surface area contributed by atoms with Gasteiger partial charge in [0.1, 0.15) is 0 Å². The Morgan fingerprint density at radius 3 is 2.75 bits per heavy atom. The van der Waals surface area contributed by atoms with Crippen molar-refractivity contribution in [2.45, 2.75) is 26.2 Å². The van der Waals surface area contributed by atoms with Crippen LogP contribution in [0.4, 0.5) is 0 Å². The maximum Gasteiger partial charge on any atom is 0.0173 e. The van der Waals surface area contributed by atoms with E-state index in [1.165, 1.54) is 31.6 Å². The predicted octanol–water partition coefficient (Wildman–Crippen LogP) is 1.50. The van der Waals surface area contributed by atoms with Crippen LogP contribution in [-0.4, -0.2) is 19.6 Å². The normalized spacial score (nSPS) is 19.1. The highest BCUT2D eigenvalue weighted by atomic mass is 14.9. The molecule has 0 aromatic rings. The molecule has 2 nitrogen and oxygen atoms in total. The van der Waals surface area contributed by atoms with Crippen molar-refractivity contribution in [3.05, 3.63) is 12.3 Å². The van der Waals surface area contributed by atoms with E-state index in [0.29, 0.717) is 0 Å². The molecule has 0 amide bonds. The van der Waals surface area contributed by atoms with Crippen molar-refractivity contribution in [2.24, 2.45) is 5.92 Å². The lowest BCUT2D eigenvalue weighted by Gasteiger charge is -2.23. The third kappa shape index (κ3) is 3.26. The number of rotatable bonds is 4. The Labute approximate surface area is 75.4 Å². The number of hydrogen-bond donors (Lipinski definition) is 2. The molecule has 0 aromatic carbocycles. The van der Waals surface area contributed by atoms with Gasteiger partial charge in [-0.3, -0.25) is 0 Å². The number of nitrogens with one attached hydrogen (secondary N) is 2. The molecule has 0 spiro atoms. The average molecular weight is 168 g/mol. The van der Waals surface area contributed by atoms with Gasteiger partial charge in [0.2, 0.25) is 0 Å². The van der Waals surface area contributed by atoms with Crippen LogP contribution >= 0.6 is 0 Å². The smallest absolute Gasteiger partial charge is 0.0173 e. The van der Waals surface area contributed by atoms with Crippen LogP contribution in [0, 0.1) is 5.92 Å². The third-order valence-corrected chi connectivity index (χ3v) is 2.53. The zero-order chi connectivity index (χ0) is 8.81.